The van der Waals surface area contributed by atoms with Gasteiger partial charge in [-0.1, -0.05) is 12.2 Å². The molecule has 0 unspecified atom stereocenters. The van der Waals surface area contributed by atoms with Crippen molar-refractivity contribution >= 4 is 18.0 Å². The van der Waals surface area contributed by atoms with Gasteiger partial charge in [-0.2, -0.15) is 0 Å². The first-order valence-corrected chi connectivity index (χ1v) is 7.74. The molecule has 0 radical (unpaired) electrons. The number of H-pyrrole nitrogens is 1. The molecular weight excluding hydrogens is 272 g/mol. The monoisotopic (exact) mass is 296 g/mol. The van der Waals surface area contributed by atoms with E-state index in [1.165, 1.54) is 45.3 Å². The first-order valence-electron chi connectivity index (χ1n) is 7.33. The molecule has 2 heterocycles. The predicted molar refractivity (Wildman–Crippen MR) is 83.5 cm³/mol. The molecule has 0 atom stereocenters. The van der Waals surface area contributed by atoms with Gasteiger partial charge in [0.1, 0.15) is 22.9 Å². The lowest BCUT2D eigenvalue weighted by Gasteiger charge is -2.14. The largest absolute Gasteiger partial charge is 0.377 e. The van der Waals surface area contributed by atoms with Crippen molar-refractivity contribution in [3.63, 3.8) is 0 Å². The zero-order valence-electron chi connectivity index (χ0n) is 12.2. The molecule has 2 N–H and O–H groups in total. The maximum absolute atomic E-state index is 5.14. The second kappa shape index (κ2) is 8.34. The average molecular weight is 296 g/mol. The molecule has 0 saturated carbocycles. The number of nitrogens with zero attached hydrogens (tertiary/aromatic N) is 2. The van der Waals surface area contributed by atoms with Crippen molar-refractivity contribution in [3.8, 4) is 0 Å². The molecule has 1 saturated heterocycles. The standard InChI is InChI=1S/C14H24N4OS/c1-19-11-13-16-12(10-14(20)17-13)15-6-2-3-7-18-8-4-5-9-18/h10H,2-9,11H2,1H3,(H2,15,16,17,20). The molecule has 1 aliphatic rings. The van der Waals surface area contributed by atoms with E-state index in [2.05, 4.69) is 20.2 Å². The molecule has 0 amide bonds. The highest BCUT2D eigenvalue weighted by molar-refractivity contribution is 7.71. The number of rotatable bonds is 8. The lowest BCUT2D eigenvalue weighted by Crippen LogP contribution is -2.21. The van der Waals surface area contributed by atoms with Crippen molar-refractivity contribution < 1.29 is 4.74 Å². The second-order valence-corrected chi connectivity index (χ2v) is 5.61. The molecule has 112 valence electrons. The number of unbranched alkanes of at least 4 members (excludes halogenated alkanes) is 1. The van der Waals surface area contributed by atoms with Gasteiger partial charge < -0.3 is 19.9 Å². The van der Waals surface area contributed by atoms with Crippen LogP contribution in [0.2, 0.25) is 0 Å². The van der Waals surface area contributed by atoms with Crippen LogP contribution in [0.5, 0.6) is 0 Å². The summed E-state index contributed by atoms with van der Waals surface area (Å²) in [6, 6.07) is 1.86. The molecule has 2 rings (SSSR count). The lowest BCUT2D eigenvalue weighted by molar-refractivity contribution is 0.178. The Morgan fingerprint density at radius 3 is 2.95 bits per heavy atom. The minimum Gasteiger partial charge on any atom is -0.377 e. The third-order valence-electron chi connectivity index (χ3n) is 3.49. The summed E-state index contributed by atoms with van der Waals surface area (Å²) in [5, 5.41) is 3.37. The van der Waals surface area contributed by atoms with Gasteiger partial charge in [-0.05, 0) is 45.3 Å². The molecular formula is C14H24N4OS. The first-order chi connectivity index (χ1) is 9.78. The van der Waals surface area contributed by atoms with E-state index in [9.17, 15) is 0 Å². The van der Waals surface area contributed by atoms with Crippen LogP contribution >= 0.6 is 12.2 Å². The highest BCUT2D eigenvalue weighted by Crippen LogP contribution is 2.09. The first kappa shape index (κ1) is 15.4. The average Bonchev–Trinajstić information content (AvgIpc) is 2.91. The maximum Gasteiger partial charge on any atom is 0.135 e. The Bertz CT molecular complexity index is 457. The summed E-state index contributed by atoms with van der Waals surface area (Å²) in [6.45, 7) is 5.20. The fraction of sp³-hybridized carbons (Fsp3) is 0.714. The van der Waals surface area contributed by atoms with Crippen molar-refractivity contribution in [2.45, 2.75) is 32.3 Å². The summed E-state index contributed by atoms with van der Waals surface area (Å²) < 4.78 is 5.66. The van der Waals surface area contributed by atoms with E-state index in [1.54, 1.807) is 7.11 Å². The minimum absolute atomic E-state index is 0.452. The van der Waals surface area contributed by atoms with E-state index >= 15 is 0 Å². The number of anilines is 1. The van der Waals surface area contributed by atoms with Crippen LogP contribution in [0.25, 0.3) is 0 Å². The van der Waals surface area contributed by atoms with Gasteiger partial charge in [0.15, 0.2) is 0 Å². The Balaban J connectivity index is 1.69. The minimum atomic E-state index is 0.452. The van der Waals surface area contributed by atoms with E-state index in [0.29, 0.717) is 11.2 Å². The normalized spacial score (nSPS) is 15.7. The van der Waals surface area contributed by atoms with Crippen LogP contribution in [-0.2, 0) is 11.3 Å². The van der Waals surface area contributed by atoms with Crippen molar-refractivity contribution in [3.05, 3.63) is 16.5 Å². The third-order valence-corrected chi connectivity index (χ3v) is 3.70. The molecule has 1 fully saturated rings. The van der Waals surface area contributed by atoms with Crippen LogP contribution < -0.4 is 5.32 Å². The van der Waals surface area contributed by atoms with Crippen LogP contribution in [-0.4, -0.2) is 48.2 Å². The zero-order valence-corrected chi connectivity index (χ0v) is 13.0. The van der Waals surface area contributed by atoms with E-state index < -0.39 is 0 Å². The molecule has 6 heteroatoms. The Labute approximate surface area is 125 Å². The van der Waals surface area contributed by atoms with Gasteiger partial charge in [-0.15, -0.1) is 0 Å². The number of aromatic nitrogens is 2. The van der Waals surface area contributed by atoms with Crippen LogP contribution in [0, 0.1) is 4.64 Å². The van der Waals surface area contributed by atoms with Crippen LogP contribution in [0.1, 0.15) is 31.5 Å². The predicted octanol–water partition coefficient (Wildman–Crippen LogP) is 2.57. The van der Waals surface area contributed by atoms with Crippen LogP contribution in [0.3, 0.4) is 0 Å². The molecule has 20 heavy (non-hydrogen) atoms. The highest BCUT2D eigenvalue weighted by atomic mass is 32.1. The number of aromatic amines is 1. The van der Waals surface area contributed by atoms with Crippen molar-refractivity contribution in [1.29, 1.82) is 0 Å². The summed E-state index contributed by atoms with van der Waals surface area (Å²) in [5.74, 6) is 1.69. The molecule has 0 bridgehead atoms. The highest BCUT2D eigenvalue weighted by Gasteiger charge is 2.09. The second-order valence-electron chi connectivity index (χ2n) is 5.20. The Morgan fingerprint density at radius 2 is 2.20 bits per heavy atom. The fourth-order valence-electron chi connectivity index (χ4n) is 2.50. The number of methoxy groups -OCH3 is 1. The summed E-state index contributed by atoms with van der Waals surface area (Å²) in [4.78, 5) is 9.95. The molecule has 0 spiro atoms. The number of hydrogen-bond donors (Lipinski definition) is 2. The van der Waals surface area contributed by atoms with Crippen LogP contribution in [0.15, 0.2) is 6.07 Å². The molecule has 5 nitrogen and oxygen atoms in total. The molecule has 1 aromatic rings. The van der Waals surface area contributed by atoms with E-state index in [1.807, 2.05) is 6.07 Å². The topological polar surface area (TPSA) is 53.2 Å². The number of nitrogens with one attached hydrogen (secondary N) is 2. The lowest BCUT2D eigenvalue weighted by atomic mass is 10.3. The Hall–Kier alpha value is -0.980. The summed E-state index contributed by atoms with van der Waals surface area (Å²) >= 11 is 5.14. The van der Waals surface area contributed by atoms with Crippen molar-refractivity contribution in [1.82, 2.24) is 14.9 Å². The summed E-state index contributed by atoms with van der Waals surface area (Å²) in [5.41, 5.74) is 0. The molecule has 1 aliphatic heterocycles. The number of likely N-dealkylation sites (tertiary alicyclic amines) is 1. The Kier molecular flexibility index (Phi) is 6.42. The van der Waals surface area contributed by atoms with Gasteiger partial charge in [0.25, 0.3) is 0 Å². The molecule has 1 aromatic heterocycles. The van der Waals surface area contributed by atoms with Crippen molar-refractivity contribution in [2.24, 2.45) is 0 Å². The van der Waals surface area contributed by atoms with E-state index in [0.717, 1.165) is 18.2 Å². The maximum atomic E-state index is 5.14. The number of hydrogen-bond acceptors (Lipinski definition) is 5. The van der Waals surface area contributed by atoms with Gasteiger partial charge in [0.2, 0.25) is 0 Å². The fourth-order valence-corrected chi connectivity index (χ4v) is 2.73. The molecule has 0 aromatic carbocycles. The van der Waals surface area contributed by atoms with Gasteiger partial charge in [0, 0.05) is 19.7 Å². The van der Waals surface area contributed by atoms with Crippen LogP contribution in [0.4, 0.5) is 5.82 Å². The van der Waals surface area contributed by atoms with Gasteiger partial charge in [-0.25, -0.2) is 4.98 Å². The van der Waals surface area contributed by atoms with E-state index in [4.69, 9.17) is 17.0 Å². The van der Waals surface area contributed by atoms with Gasteiger partial charge in [-0.3, -0.25) is 0 Å². The quantitative estimate of drug-likeness (QED) is 0.570. The zero-order chi connectivity index (χ0) is 14.2. The van der Waals surface area contributed by atoms with Gasteiger partial charge in [0.05, 0.1) is 0 Å². The smallest absolute Gasteiger partial charge is 0.135 e. The van der Waals surface area contributed by atoms with E-state index in [-0.39, 0.29) is 0 Å². The molecule has 0 aliphatic carbocycles. The SMILES string of the molecule is COCc1nc(=S)cc(NCCCCN2CCCC2)[nH]1. The van der Waals surface area contributed by atoms with Gasteiger partial charge >= 0.3 is 0 Å². The number of ether oxygens (including phenoxy) is 1. The van der Waals surface area contributed by atoms with Crippen molar-refractivity contribution in [2.75, 3.05) is 38.6 Å². The third kappa shape index (κ3) is 5.19. The Morgan fingerprint density at radius 1 is 1.40 bits per heavy atom. The summed E-state index contributed by atoms with van der Waals surface area (Å²) in [6.07, 6.45) is 5.14. The summed E-state index contributed by atoms with van der Waals surface area (Å²) in [7, 11) is 1.65.